The molecule has 5 aromatic rings. The molecule has 33 heavy (non-hydrogen) atoms. The Labute approximate surface area is 188 Å². The minimum Gasteiger partial charge on any atom is -0.423 e. The van der Waals surface area contributed by atoms with E-state index < -0.39 is 7.12 Å². The third kappa shape index (κ3) is 5.59. The van der Waals surface area contributed by atoms with Gasteiger partial charge in [-0.25, -0.2) is 13.8 Å². The molecule has 9 heteroatoms. The summed E-state index contributed by atoms with van der Waals surface area (Å²) in [5, 5.41) is 29.1. The van der Waals surface area contributed by atoms with Crippen molar-refractivity contribution in [3.63, 3.8) is 0 Å². The first kappa shape index (κ1) is 22.1. The van der Waals surface area contributed by atoms with Crippen molar-refractivity contribution in [2.75, 3.05) is 5.32 Å². The lowest BCUT2D eigenvalue weighted by molar-refractivity contribution is 0.425. The topological polar surface area (TPSA) is 94.1 Å². The normalized spacial score (nSPS) is 10.4. The fraction of sp³-hybridized carbons (Fsp3) is 0. The first-order valence-corrected chi connectivity index (χ1v) is 10.0. The van der Waals surface area contributed by atoms with Gasteiger partial charge in [0.15, 0.2) is 0 Å². The fourth-order valence-electron chi connectivity index (χ4n) is 3.19. The van der Waals surface area contributed by atoms with Crippen molar-refractivity contribution in [1.82, 2.24) is 15.2 Å². The van der Waals surface area contributed by atoms with Crippen LogP contribution in [0.25, 0.3) is 22.0 Å². The lowest BCUT2D eigenvalue weighted by atomic mass is 9.80. The Hall–Kier alpha value is -4.08. The smallest absolute Gasteiger partial charge is 0.423 e. The number of aromatic nitrogens is 3. The van der Waals surface area contributed by atoms with Crippen molar-refractivity contribution in [2.24, 2.45) is 0 Å². The van der Waals surface area contributed by atoms with E-state index in [-0.39, 0.29) is 11.6 Å². The maximum Gasteiger partial charge on any atom is 0.488 e. The number of rotatable bonds is 4. The average molecular weight is 444 g/mol. The van der Waals surface area contributed by atoms with Crippen molar-refractivity contribution in [3.05, 3.63) is 103 Å². The minimum atomic E-state index is -1.51. The third-order valence-corrected chi connectivity index (χ3v) is 4.79. The highest BCUT2D eigenvalue weighted by atomic mass is 19.1. The van der Waals surface area contributed by atoms with Gasteiger partial charge in [0, 0.05) is 17.0 Å². The summed E-state index contributed by atoms with van der Waals surface area (Å²) in [7, 11) is -1.51. The number of pyridine rings is 1. The first-order valence-electron chi connectivity index (χ1n) is 10.0. The second kappa shape index (κ2) is 10.0. The van der Waals surface area contributed by atoms with E-state index in [1.165, 1.54) is 36.4 Å². The molecule has 0 bridgehead atoms. The summed E-state index contributed by atoms with van der Waals surface area (Å²) < 4.78 is 25.4. The van der Waals surface area contributed by atoms with Gasteiger partial charge < -0.3 is 15.4 Å². The van der Waals surface area contributed by atoms with Crippen LogP contribution in [-0.2, 0) is 0 Å². The van der Waals surface area contributed by atoms with Crippen molar-refractivity contribution in [3.8, 4) is 11.3 Å². The van der Waals surface area contributed by atoms with Crippen LogP contribution in [0.4, 0.5) is 20.4 Å². The first-order chi connectivity index (χ1) is 16.0. The molecular weight excluding hydrogens is 425 g/mol. The molecule has 6 nitrogen and oxygen atoms in total. The maximum absolute atomic E-state index is 13.2. The van der Waals surface area contributed by atoms with Crippen LogP contribution in [0, 0.1) is 11.6 Å². The standard InChI is InChI=1S/C18H13FN4.C6H6BFO2/c19-14-7-5-12(6-8-14)18-15-4-2-1-3-13(15)11-17(22-18)21-16-9-10-20-23-16;8-6-3-1-5(2-4-6)7(9)10/h1-11H,(H2,20,21,22,23);1-4,9-10H. The van der Waals surface area contributed by atoms with E-state index in [9.17, 15) is 8.78 Å². The van der Waals surface area contributed by atoms with E-state index in [1.807, 2.05) is 36.4 Å². The van der Waals surface area contributed by atoms with Gasteiger partial charge >= 0.3 is 7.12 Å². The van der Waals surface area contributed by atoms with Crippen LogP contribution in [0.15, 0.2) is 91.1 Å². The Morgan fingerprint density at radius 3 is 2.12 bits per heavy atom. The van der Waals surface area contributed by atoms with Gasteiger partial charge in [0.2, 0.25) is 0 Å². The molecule has 5 rings (SSSR count). The zero-order chi connectivity index (χ0) is 23.2. The van der Waals surface area contributed by atoms with Crippen molar-refractivity contribution >= 4 is 35.0 Å². The van der Waals surface area contributed by atoms with E-state index in [0.29, 0.717) is 11.3 Å². The summed E-state index contributed by atoms with van der Waals surface area (Å²) in [6.07, 6.45) is 1.67. The molecule has 0 fully saturated rings. The van der Waals surface area contributed by atoms with Crippen LogP contribution in [0.1, 0.15) is 0 Å². The highest BCUT2D eigenvalue weighted by Gasteiger charge is 2.10. The number of nitrogens with one attached hydrogen (secondary N) is 2. The lowest BCUT2D eigenvalue weighted by Gasteiger charge is -2.10. The second-order valence-corrected chi connectivity index (χ2v) is 7.10. The number of aromatic amines is 1. The maximum atomic E-state index is 13.2. The van der Waals surface area contributed by atoms with E-state index in [2.05, 4.69) is 15.5 Å². The molecule has 0 radical (unpaired) electrons. The molecule has 0 saturated heterocycles. The number of H-pyrrole nitrogens is 1. The van der Waals surface area contributed by atoms with Crippen molar-refractivity contribution < 1.29 is 18.8 Å². The zero-order valence-electron chi connectivity index (χ0n) is 17.3. The SMILES string of the molecule is Fc1ccc(-c2nc(Nc3ccn[nH]3)cc3ccccc23)cc1.OB(O)c1ccc(F)cc1. The second-order valence-electron chi connectivity index (χ2n) is 7.10. The van der Waals surface area contributed by atoms with E-state index in [1.54, 1.807) is 18.3 Å². The molecule has 0 spiro atoms. The molecule has 3 aromatic carbocycles. The Morgan fingerprint density at radius 2 is 1.48 bits per heavy atom. The molecule has 0 atom stereocenters. The molecule has 0 saturated carbocycles. The monoisotopic (exact) mass is 444 g/mol. The predicted octanol–water partition coefficient (Wildman–Crippen LogP) is 4.01. The number of nitrogens with zero attached hydrogens (tertiary/aromatic N) is 2. The van der Waals surface area contributed by atoms with Gasteiger partial charge in [-0.15, -0.1) is 0 Å². The molecule has 0 aliphatic carbocycles. The molecule has 2 heterocycles. The van der Waals surface area contributed by atoms with Crippen LogP contribution < -0.4 is 10.8 Å². The molecule has 0 aliphatic rings. The van der Waals surface area contributed by atoms with Gasteiger partial charge in [0.1, 0.15) is 23.3 Å². The van der Waals surface area contributed by atoms with Gasteiger partial charge in [-0.1, -0.05) is 36.4 Å². The van der Waals surface area contributed by atoms with Gasteiger partial charge in [0.05, 0.1) is 11.9 Å². The molecule has 2 aromatic heterocycles. The number of hydrogen-bond acceptors (Lipinski definition) is 5. The van der Waals surface area contributed by atoms with Crippen LogP contribution >= 0.6 is 0 Å². The quantitative estimate of drug-likeness (QED) is 0.315. The Bertz CT molecular complexity index is 1330. The Kier molecular flexibility index (Phi) is 6.73. The molecule has 0 amide bonds. The minimum absolute atomic E-state index is 0.259. The number of hydrogen-bond donors (Lipinski definition) is 4. The number of halogens is 2. The Balaban J connectivity index is 0.000000219. The predicted molar refractivity (Wildman–Crippen MR) is 125 cm³/mol. The van der Waals surface area contributed by atoms with E-state index in [0.717, 1.165) is 27.8 Å². The Morgan fingerprint density at radius 1 is 0.818 bits per heavy atom. The molecule has 0 unspecified atom stereocenters. The van der Waals surface area contributed by atoms with Gasteiger partial charge in [-0.3, -0.25) is 5.10 Å². The molecule has 0 aliphatic heterocycles. The summed E-state index contributed by atoms with van der Waals surface area (Å²) in [6, 6.07) is 23.2. The number of anilines is 2. The van der Waals surface area contributed by atoms with Gasteiger partial charge in [-0.05, 0) is 53.3 Å². The molecule has 164 valence electrons. The highest BCUT2D eigenvalue weighted by Crippen LogP contribution is 2.30. The van der Waals surface area contributed by atoms with E-state index in [4.69, 9.17) is 15.0 Å². The van der Waals surface area contributed by atoms with Crippen LogP contribution in [0.5, 0.6) is 0 Å². The molecular formula is C24H19BF2N4O2. The lowest BCUT2D eigenvalue weighted by Crippen LogP contribution is -2.29. The summed E-state index contributed by atoms with van der Waals surface area (Å²) >= 11 is 0. The summed E-state index contributed by atoms with van der Waals surface area (Å²) in [6.45, 7) is 0. The van der Waals surface area contributed by atoms with E-state index >= 15 is 0 Å². The van der Waals surface area contributed by atoms with Crippen molar-refractivity contribution in [1.29, 1.82) is 0 Å². The number of fused-ring (bicyclic) bond motifs is 1. The zero-order valence-corrected chi connectivity index (χ0v) is 17.3. The average Bonchev–Trinajstić information content (AvgIpc) is 3.33. The summed E-state index contributed by atoms with van der Waals surface area (Å²) in [4.78, 5) is 4.69. The molecule has 4 N–H and O–H groups in total. The largest absolute Gasteiger partial charge is 0.488 e. The van der Waals surface area contributed by atoms with Crippen LogP contribution in [-0.4, -0.2) is 32.3 Å². The van der Waals surface area contributed by atoms with Gasteiger partial charge in [-0.2, -0.15) is 5.10 Å². The summed E-state index contributed by atoms with van der Waals surface area (Å²) in [5.41, 5.74) is 1.97. The van der Waals surface area contributed by atoms with Crippen molar-refractivity contribution in [2.45, 2.75) is 0 Å². The third-order valence-electron chi connectivity index (χ3n) is 4.79. The van der Waals surface area contributed by atoms with Gasteiger partial charge in [0.25, 0.3) is 0 Å². The highest BCUT2D eigenvalue weighted by molar-refractivity contribution is 6.58. The van der Waals surface area contributed by atoms with Crippen LogP contribution in [0.3, 0.4) is 0 Å². The summed E-state index contributed by atoms with van der Waals surface area (Å²) in [5.74, 6) is 0.819. The number of benzene rings is 3. The fourth-order valence-corrected chi connectivity index (χ4v) is 3.19. The van der Waals surface area contributed by atoms with Crippen LogP contribution in [0.2, 0.25) is 0 Å².